The van der Waals surface area contributed by atoms with E-state index in [-0.39, 0.29) is 5.91 Å². The van der Waals surface area contributed by atoms with Crippen LogP contribution in [0.25, 0.3) is 11.5 Å². The first-order valence-electron chi connectivity index (χ1n) is 7.06. The quantitative estimate of drug-likeness (QED) is 0.672. The highest BCUT2D eigenvalue weighted by Crippen LogP contribution is 2.21. The number of amides is 1. The fourth-order valence-electron chi connectivity index (χ4n) is 1.98. The first-order valence-corrected chi connectivity index (χ1v) is 8.04. The molecule has 0 bridgehead atoms. The molecule has 0 fully saturated rings. The summed E-state index contributed by atoms with van der Waals surface area (Å²) in [7, 11) is 1.77. The number of benzene rings is 1. The van der Waals surface area contributed by atoms with E-state index in [9.17, 15) is 4.79 Å². The van der Waals surface area contributed by atoms with Crippen LogP contribution in [-0.2, 0) is 4.79 Å². The Balaban J connectivity index is 1.59. The monoisotopic (exact) mass is 325 g/mol. The van der Waals surface area contributed by atoms with E-state index in [4.69, 9.17) is 4.42 Å². The first kappa shape index (κ1) is 15.3. The largest absolute Gasteiger partial charge is 0.463 e. The van der Waals surface area contributed by atoms with Gasteiger partial charge < -0.3 is 9.32 Å². The van der Waals surface area contributed by atoms with Crippen LogP contribution in [0.5, 0.6) is 0 Å². The highest BCUT2D eigenvalue weighted by Gasteiger charge is 2.12. The zero-order valence-corrected chi connectivity index (χ0v) is 13.4. The molecule has 0 saturated carbocycles. The molecule has 3 rings (SSSR count). The van der Waals surface area contributed by atoms with E-state index < -0.39 is 0 Å². The van der Waals surface area contributed by atoms with E-state index in [2.05, 4.69) is 10.2 Å². The third-order valence-corrected chi connectivity index (χ3v) is 4.18. The van der Waals surface area contributed by atoms with Crippen molar-refractivity contribution in [2.24, 2.45) is 0 Å². The van der Waals surface area contributed by atoms with Crippen molar-refractivity contribution in [3.63, 3.8) is 0 Å². The number of hydrogen-bond acceptors (Lipinski definition) is 5. The van der Waals surface area contributed by atoms with Gasteiger partial charge >= 0.3 is 0 Å². The molecule has 0 N–H and O–H groups in total. The molecular formula is C17H15N3O2S. The summed E-state index contributed by atoms with van der Waals surface area (Å²) in [6, 6.07) is 16.8. The Kier molecular flexibility index (Phi) is 4.73. The Bertz CT molecular complexity index is 758. The second kappa shape index (κ2) is 7.11. The van der Waals surface area contributed by atoms with E-state index in [1.165, 1.54) is 11.8 Å². The molecule has 0 aliphatic heterocycles. The van der Waals surface area contributed by atoms with Gasteiger partial charge in [-0.15, -0.1) is 10.2 Å². The Morgan fingerprint density at radius 1 is 1.09 bits per heavy atom. The number of anilines is 1. The normalized spacial score (nSPS) is 10.5. The van der Waals surface area contributed by atoms with Crippen LogP contribution >= 0.6 is 11.8 Å². The van der Waals surface area contributed by atoms with Gasteiger partial charge in [0.2, 0.25) is 5.91 Å². The molecule has 2 aromatic heterocycles. The lowest BCUT2D eigenvalue weighted by Crippen LogP contribution is -2.27. The third-order valence-electron chi connectivity index (χ3n) is 3.27. The Morgan fingerprint density at radius 3 is 2.57 bits per heavy atom. The maximum atomic E-state index is 12.2. The number of hydrogen-bond donors (Lipinski definition) is 0. The van der Waals surface area contributed by atoms with Gasteiger partial charge in [0.1, 0.15) is 10.7 Å². The summed E-state index contributed by atoms with van der Waals surface area (Å²) in [5.41, 5.74) is 1.55. The first-order chi connectivity index (χ1) is 11.2. The summed E-state index contributed by atoms with van der Waals surface area (Å²) in [6.45, 7) is 0. The van der Waals surface area contributed by atoms with E-state index in [1.54, 1.807) is 24.3 Å². The van der Waals surface area contributed by atoms with Crippen LogP contribution in [0.3, 0.4) is 0 Å². The number of para-hydroxylation sites is 1. The molecule has 1 aromatic carbocycles. The van der Waals surface area contributed by atoms with Gasteiger partial charge in [-0.05, 0) is 36.4 Å². The van der Waals surface area contributed by atoms with E-state index >= 15 is 0 Å². The lowest BCUT2D eigenvalue weighted by atomic mass is 10.3. The zero-order valence-electron chi connectivity index (χ0n) is 12.5. The van der Waals surface area contributed by atoms with E-state index in [0.717, 1.165) is 5.69 Å². The molecule has 0 unspecified atom stereocenters. The summed E-state index contributed by atoms with van der Waals surface area (Å²) < 4.78 is 5.27. The standard InChI is InChI=1S/C17H15N3O2S/c1-20(13-6-3-2-4-7-13)17(21)12-23-16-10-9-14(18-19-16)15-8-5-11-22-15/h2-11H,12H2,1H3. The minimum Gasteiger partial charge on any atom is -0.463 e. The van der Waals surface area contributed by atoms with Gasteiger partial charge in [-0.25, -0.2) is 0 Å². The van der Waals surface area contributed by atoms with Gasteiger partial charge in [0.05, 0.1) is 12.0 Å². The molecule has 0 atom stereocenters. The van der Waals surface area contributed by atoms with Crippen molar-refractivity contribution in [2.45, 2.75) is 5.03 Å². The summed E-state index contributed by atoms with van der Waals surface area (Å²) in [4.78, 5) is 13.8. The minimum atomic E-state index is 0.0121. The second-order valence-electron chi connectivity index (χ2n) is 4.81. The number of carbonyl (C=O) groups excluding carboxylic acids is 1. The summed E-state index contributed by atoms with van der Waals surface area (Å²) in [5.74, 6) is 0.993. The maximum absolute atomic E-state index is 12.2. The minimum absolute atomic E-state index is 0.0121. The lowest BCUT2D eigenvalue weighted by molar-refractivity contribution is -0.115. The fraction of sp³-hybridized carbons (Fsp3) is 0.118. The summed E-state index contributed by atoms with van der Waals surface area (Å²) in [6.07, 6.45) is 1.59. The van der Waals surface area contributed by atoms with Crippen LogP contribution in [0.2, 0.25) is 0 Å². The molecule has 116 valence electrons. The second-order valence-corrected chi connectivity index (χ2v) is 5.81. The van der Waals surface area contributed by atoms with Gasteiger partial charge in [0.15, 0.2) is 5.76 Å². The van der Waals surface area contributed by atoms with Crippen LogP contribution < -0.4 is 4.90 Å². The molecule has 2 heterocycles. The van der Waals surface area contributed by atoms with Crippen LogP contribution in [0.4, 0.5) is 5.69 Å². The van der Waals surface area contributed by atoms with Crippen molar-refractivity contribution in [1.82, 2.24) is 10.2 Å². The van der Waals surface area contributed by atoms with Gasteiger partial charge in [0, 0.05) is 12.7 Å². The number of aromatic nitrogens is 2. The van der Waals surface area contributed by atoms with Crippen molar-refractivity contribution in [1.29, 1.82) is 0 Å². The van der Waals surface area contributed by atoms with Crippen LogP contribution in [-0.4, -0.2) is 28.9 Å². The van der Waals surface area contributed by atoms with Crippen LogP contribution in [0.1, 0.15) is 0 Å². The van der Waals surface area contributed by atoms with Crippen LogP contribution in [0, 0.1) is 0 Å². The van der Waals surface area contributed by atoms with Crippen molar-refractivity contribution in [3.05, 3.63) is 60.9 Å². The molecule has 1 amide bonds. The smallest absolute Gasteiger partial charge is 0.237 e. The Hall–Kier alpha value is -2.60. The summed E-state index contributed by atoms with van der Waals surface area (Å²) >= 11 is 1.36. The average Bonchev–Trinajstić information content (AvgIpc) is 3.15. The fourth-order valence-corrected chi connectivity index (χ4v) is 2.71. The molecule has 0 radical (unpaired) electrons. The number of carbonyl (C=O) groups is 1. The molecule has 6 heteroatoms. The number of furan rings is 1. The highest BCUT2D eigenvalue weighted by molar-refractivity contribution is 7.99. The Morgan fingerprint density at radius 2 is 1.91 bits per heavy atom. The topological polar surface area (TPSA) is 59.2 Å². The van der Waals surface area contributed by atoms with E-state index in [0.29, 0.717) is 22.2 Å². The highest BCUT2D eigenvalue weighted by atomic mass is 32.2. The van der Waals surface area contributed by atoms with E-state index in [1.807, 2.05) is 48.5 Å². The zero-order chi connectivity index (χ0) is 16.1. The van der Waals surface area contributed by atoms with Gasteiger partial charge in [-0.1, -0.05) is 30.0 Å². The molecular weight excluding hydrogens is 310 g/mol. The van der Waals surface area contributed by atoms with Crippen LogP contribution in [0.15, 0.2) is 70.3 Å². The molecule has 23 heavy (non-hydrogen) atoms. The predicted octanol–water partition coefficient (Wildman–Crippen LogP) is 3.49. The van der Waals surface area contributed by atoms with Gasteiger partial charge in [-0.3, -0.25) is 4.79 Å². The number of nitrogens with zero attached hydrogens (tertiary/aromatic N) is 3. The van der Waals surface area contributed by atoms with Crippen molar-refractivity contribution >= 4 is 23.4 Å². The maximum Gasteiger partial charge on any atom is 0.237 e. The summed E-state index contributed by atoms with van der Waals surface area (Å²) in [5, 5.41) is 8.94. The molecule has 0 aliphatic rings. The van der Waals surface area contributed by atoms with Gasteiger partial charge in [0.25, 0.3) is 0 Å². The number of thioether (sulfide) groups is 1. The molecule has 0 aliphatic carbocycles. The third kappa shape index (κ3) is 3.78. The Labute approximate surface area is 138 Å². The SMILES string of the molecule is CN(C(=O)CSc1ccc(-c2ccco2)nn1)c1ccccc1. The average molecular weight is 325 g/mol. The van der Waals surface area contributed by atoms with Crippen molar-refractivity contribution in [3.8, 4) is 11.5 Å². The van der Waals surface area contributed by atoms with Crippen molar-refractivity contribution in [2.75, 3.05) is 17.7 Å². The lowest BCUT2D eigenvalue weighted by Gasteiger charge is -2.16. The predicted molar refractivity (Wildman–Crippen MR) is 90.3 cm³/mol. The number of rotatable bonds is 5. The molecule has 3 aromatic rings. The van der Waals surface area contributed by atoms with Gasteiger partial charge in [-0.2, -0.15) is 0 Å². The molecule has 5 nitrogen and oxygen atoms in total. The molecule has 0 saturated heterocycles. The van der Waals surface area contributed by atoms with Crippen molar-refractivity contribution < 1.29 is 9.21 Å². The molecule has 0 spiro atoms.